The van der Waals surface area contributed by atoms with Crippen LogP contribution >= 0.6 is 34.2 Å². The van der Waals surface area contributed by atoms with Gasteiger partial charge in [-0.2, -0.15) is 0 Å². The Kier molecular flexibility index (Phi) is 5.40. The van der Waals surface area contributed by atoms with Gasteiger partial charge in [-0.3, -0.25) is 9.59 Å². The van der Waals surface area contributed by atoms with Gasteiger partial charge in [0.05, 0.1) is 5.56 Å². The van der Waals surface area contributed by atoms with Gasteiger partial charge in [-0.15, -0.1) is 0 Å². The van der Waals surface area contributed by atoms with E-state index >= 15 is 0 Å². The summed E-state index contributed by atoms with van der Waals surface area (Å²) in [5.41, 5.74) is 2.47. The van der Waals surface area contributed by atoms with Crippen molar-refractivity contribution in [3.63, 3.8) is 0 Å². The Morgan fingerprint density at radius 2 is 1.96 bits per heavy atom. The predicted molar refractivity (Wildman–Crippen MR) is 103 cm³/mol. The number of carbonyl (C=O) groups is 2. The summed E-state index contributed by atoms with van der Waals surface area (Å²) in [5, 5.41) is 3.44. The van der Waals surface area contributed by atoms with Crippen LogP contribution in [0.2, 0.25) is 5.02 Å². The van der Waals surface area contributed by atoms with Gasteiger partial charge < -0.3 is 10.2 Å². The molecule has 4 nitrogen and oxygen atoms in total. The summed E-state index contributed by atoms with van der Waals surface area (Å²) in [4.78, 5) is 25.8. The molecule has 0 aliphatic carbocycles. The molecule has 0 bridgehead atoms. The largest absolute Gasteiger partial charge is 0.348 e. The molecule has 2 aromatic rings. The molecule has 1 aliphatic rings. The maximum absolute atomic E-state index is 12.3. The molecule has 2 amide bonds. The first kappa shape index (κ1) is 17.2. The van der Waals surface area contributed by atoms with Gasteiger partial charge in [0.2, 0.25) is 5.91 Å². The fraction of sp³-hybridized carbons (Fsp3) is 0.222. The van der Waals surface area contributed by atoms with Gasteiger partial charge in [0.25, 0.3) is 5.91 Å². The van der Waals surface area contributed by atoms with Crippen molar-refractivity contribution in [3.05, 3.63) is 62.2 Å². The van der Waals surface area contributed by atoms with Crippen molar-refractivity contribution in [1.29, 1.82) is 0 Å². The van der Waals surface area contributed by atoms with Crippen molar-refractivity contribution >= 4 is 51.7 Å². The van der Waals surface area contributed by atoms with Gasteiger partial charge >= 0.3 is 0 Å². The molecule has 1 heterocycles. The quantitative estimate of drug-likeness (QED) is 0.710. The van der Waals surface area contributed by atoms with Crippen molar-refractivity contribution < 1.29 is 9.59 Å². The molecule has 0 saturated carbocycles. The monoisotopic (exact) mass is 454 g/mol. The lowest BCUT2D eigenvalue weighted by molar-refractivity contribution is -0.117. The van der Waals surface area contributed by atoms with E-state index in [9.17, 15) is 9.59 Å². The van der Waals surface area contributed by atoms with E-state index in [4.69, 9.17) is 11.6 Å². The van der Waals surface area contributed by atoms with Crippen LogP contribution < -0.4 is 10.2 Å². The molecule has 1 saturated heterocycles. The van der Waals surface area contributed by atoms with E-state index in [1.807, 2.05) is 30.3 Å². The summed E-state index contributed by atoms with van der Waals surface area (Å²) in [5.74, 6) is 0.0206. The van der Waals surface area contributed by atoms with Crippen molar-refractivity contribution in [2.45, 2.75) is 19.4 Å². The minimum atomic E-state index is -0.152. The Morgan fingerprint density at radius 1 is 1.21 bits per heavy atom. The van der Waals surface area contributed by atoms with Crippen LogP contribution in [0, 0.1) is 3.57 Å². The van der Waals surface area contributed by atoms with Crippen LogP contribution in [0.5, 0.6) is 0 Å². The van der Waals surface area contributed by atoms with Crippen LogP contribution in [0.15, 0.2) is 42.5 Å². The average Bonchev–Trinajstić information content (AvgIpc) is 3.01. The third kappa shape index (κ3) is 3.89. The van der Waals surface area contributed by atoms with Crippen LogP contribution in [0.3, 0.4) is 0 Å². The summed E-state index contributed by atoms with van der Waals surface area (Å²) >= 11 is 8.07. The minimum absolute atomic E-state index is 0.152. The fourth-order valence-electron chi connectivity index (χ4n) is 2.66. The number of amides is 2. The topological polar surface area (TPSA) is 49.4 Å². The van der Waals surface area contributed by atoms with Crippen molar-refractivity contribution in [2.75, 3.05) is 11.4 Å². The number of nitrogens with zero attached hydrogens (tertiary/aromatic N) is 1. The molecule has 0 unspecified atom stereocenters. The molecule has 24 heavy (non-hydrogen) atoms. The Bertz CT molecular complexity index is 777. The Labute approximate surface area is 159 Å². The molecule has 0 aromatic heterocycles. The number of rotatable bonds is 4. The van der Waals surface area contributed by atoms with Crippen LogP contribution in [0.1, 0.15) is 28.8 Å². The summed E-state index contributed by atoms with van der Waals surface area (Å²) in [6, 6.07) is 13.0. The zero-order valence-electron chi connectivity index (χ0n) is 12.9. The highest BCUT2D eigenvalue weighted by Gasteiger charge is 2.21. The van der Waals surface area contributed by atoms with Crippen molar-refractivity contribution in [3.8, 4) is 0 Å². The van der Waals surface area contributed by atoms with Gasteiger partial charge in [0.1, 0.15) is 0 Å². The number of nitrogens with one attached hydrogen (secondary N) is 1. The Morgan fingerprint density at radius 3 is 2.62 bits per heavy atom. The van der Waals surface area contributed by atoms with Crippen LogP contribution in [0.4, 0.5) is 5.69 Å². The van der Waals surface area contributed by atoms with E-state index < -0.39 is 0 Å². The summed E-state index contributed by atoms with van der Waals surface area (Å²) in [6.45, 7) is 1.21. The molecule has 1 N–H and O–H groups in total. The van der Waals surface area contributed by atoms with Crippen LogP contribution in [-0.4, -0.2) is 18.4 Å². The lowest BCUT2D eigenvalue weighted by Gasteiger charge is -2.16. The van der Waals surface area contributed by atoms with Gasteiger partial charge in [0.15, 0.2) is 0 Å². The second-order valence-corrected chi connectivity index (χ2v) is 7.22. The first-order chi connectivity index (χ1) is 11.5. The minimum Gasteiger partial charge on any atom is -0.348 e. The van der Waals surface area contributed by atoms with E-state index in [1.165, 1.54) is 0 Å². The second-order valence-electron chi connectivity index (χ2n) is 5.62. The fourth-order valence-corrected chi connectivity index (χ4v) is 3.42. The number of hydrogen-bond donors (Lipinski definition) is 1. The molecule has 0 atom stereocenters. The molecule has 1 aliphatic heterocycles. The zero-order valence-corrected chi connectivity index (χ0v) is 15.8. The Hall–Kier alpha value is -1.60. The average molecular weight is 455 g/mol. The number of hydrogen-bond acceptors (Lipinski definition) is 2. The molecule has 6 heteroatoms. The highest BCUT2D eigenvalue weighted by atomic mass is 127. The maximum atomic E-state index is 12.3. The van der Waals surface area contributed by atoms with Crippen molar-refractivity contribution in [1.82, 2.24) is 5.32 Å². The zero-order chi connectivity index (χ0) is 17.1. The van der Waals surface area contributed by atoms with Crippen LogP contribution in [0.25, 0.3) is 0 Å². The first-order valence-corrected chi connectivity index (χ1v) is 9.13. The molecule has 2 aromatic carbocycles. The summed E-state index contributed by atoms with van der Waals surface area (Å²) in [7, 11) is 0. The highest BCUT2D eigenvalue weighted by Crippen LogP contribution is 2.22. The SMILES string of the molecule is O=C(NCc1ccc(N2CCCC2=O)cc1)c1cc(Cl)ccc1I. The van der Waals surface area contributed by atoms with Crippen LogP contribution in [-0.2, 0) is 11.3 Å². The third-order valence-corrected chi connectivity index (χ3v) is 5.12. The van der Waals surface area contributed by atoms with Gasteiger partial charge in [-0.25, -0.2) is 0 Å². The van der Waals surface area contributed by atoms with E-state index in [0.29, 0.717) is 23.6 Å². The predicted octanol–water partition coefficient (Wildman–Crippen LogP) is 4.00. The standard InChI is InChI=1S/C18H16ClIN2O2/c19-13-5-8-16(20)15(10-13)18(24)21-11-12-3-6-14(7-4-12)22-9-1-2-17(22)23/h3-8,10H,1-2,9,11H2,(H,21,24). The lowest BCUT2D eigenvalue weighted by Crippen LogP contribution is -2.24. The first-order valence-electron chi connectivity index (χ1n) is 7.67. The molecule has 3 rings (SSSR count). The van der Waals surface area contributed by atoms with Crippen molar-refractivity contribution in [2.24, 2.45) is 0 Å². The van der Waals surface area contributed by atoms with E-state index in [-0.39, 0.29) is 11.8 Å². The Balaban J connectivity index is 1.63. The second kappa shape index (κ2) is 7.53. The van der Waals surface area contributed by atoms with E-state index in [1.54, 1.807) is 17.0 Å². The van der Waals surface area contributed by atoms with Gasteiger partial charge in [0, 0.05) is 33.8 Å². The van der Waals surface area contributed by atoms with E-state index in [2.05, 4.69) is 27.9 Å². The molecular weight excluding hydrogens is 439 g/mol. The van der Waals surface area contributed by atoms with E-state index in [0.717, 1.165) is 27.8 Å². The van der Waals surface area contributed by atoms with Gasteiger partial charge in [-0.05, 0) is 64.9 Å². The molecule has 124 valence electrons. The number of anilines is 1. The number of carbonyl (C=O) groups excluding carboxylic acids is 2. The third-order valence-electron chi connectivity index (χ3n) is 3.95. The lowest BCUT2D eigenvalue weighted by atomic mass is 10.1. The molecule has 0 spiro atoms. The number of benzene rings is 2. The molecule has 1 fully saturated rings. The molecular formula is C18H16ClIN2O2. The normalized spacial score (nSPS) is 14.1. The smallest absolute Gasteiger partial charge is 0.252 e. The maximum Gasteiger partial charge on any atom is 0.252 e. The molecule has 0 radical (unpaired) electrons. The summed E-state index contributed by atoms with van der Waals surface area (Å²) < 4.78 is 0.859. The highest BCUT2D eigenvalue weighted by molar-refractivity contribution is 14.1. The summed E-state index contributed by atoms with van der Waals surface area (Å²) in [6.07, 6.45) is 1.53. The van der Waals surface area contributed by atoms with Gasteiger partial charge in [-0.1, -0.05) is 23.7 Å². The number of halogens is 2.